The van der Waals surface area contributed by atoms with Crippen molar-refractivity contribution in [1.29, 1.82) is 0 Å². The zero-order valence-electron chi connectivity index (χ0n) is 12.3. The summed E-state index contributed by atoms with van der Waals surface area (Å²) in [4.78, 5) is 16.3. The Hall–Kier alpha value is -2.75. The van der Waals surface area contributed by atoms with E-state index >= 15 is 0 Å². The summed E-state index contributed by atoms with van der Waals surface area (Å²) in [6.45, 7) is 0.890. The maximum atomic E-state index is 12.1. The minimum atomic E-state index is -0.311. The third kappa shape index (κ3) is 3.92. The second kappa shape index (κ2) is 7.01. The number of hydrogen-bond donors (Lipinski definition) is 2. The molecule has 0 spiro atoms. The number of rotatable bonds is 5. The van der Waals surface area contributed by atoms with E-state index in [1.54, 1.807) is 18.3 Å². The highest BCUT2D eigenvalue weighted by molar-refractivity contribution is 5.76. The second-order valence-corrected chi connectivity index (χ2v) is 5.06. The van der Waals surface area contributed by atoms with Crippen molar-refractivity contribution in [3.8, 4) is 5.88 Å². The van der Waals surface area contributed by atoms with Gasteiger partial charge >= 0.3 is 0 Å². The van der Waals surface area contributed by atoms with E-state index in [9.17, 15) is 4.79 Å². The highest BCUT2D eigenvalue weighted by Gasteiger charge is 2.29. The Morgan fingerprint density at radius 1 is 1.52 bits per heavy atom. The van der Waals surface area contributed by atoms with Crippen molar-refractivity contribution < 1.29 is 14.3 Å². The van der Waals surface area contributed by atoms with E-state index in [0.29, 0.717) is 25.5 Å². The van der Waals surface area contributed by atoms with Crippen LogP contribution in [-0.4, -0.2) is 56.5 Å². The average Bonchev–Trinajstić information content (AvgIpc) is 2.95. The first-order valence-electron chi connectivity index (χ1n) is 7.19. The van der Waals surface area contributed by atoms with E-state index in [1.165, 1.54) is 4.68 Å². The number of amides is 1. The molecular formula is C13H17N7O3. The van der Waals surface area contributed by atoms with Gasteiger partial charge in [0.15, 0.2) is 0 Å². The van der Waals surface area contributed by atoms with Crippen molar-refractivity contribution in [2.45, 2.75) is 25.1 Å². The number of aromatic nitrogens is 5. The number of nitrogen functional groups attached to an aromatic ring is 1. The number of hydrogen-bond acceptors (Lipinski definition) is 8. The highest BCUT2D eigenvalue weighted by Crippen LogP contribution is 2.15. The number of carbonyl (C=O) groups is 1. The van der Waals surface area contributed by atoms with Crippen molar-refractivity contribution in [3.63, 3.8) is 0 Å². The lowest BCUT2D eigenvalue weighted by Crippen LogP contribution is -2.52. The summed E-state index contributed by atoms with van der Waals surface area (Å²) >= 11 is 0. The molecular weight excluding hydrogens is 302 g/mol. The zero-order valence-corrected chi connectivity index (χ0v) is 12.3. The number of carbonyl (C=O) groups excluding carboxylic acids is 1. The van der Waals surface area contributed by atoms with Crippen molar-refractivity contribution in [1.82, 2.24) is 30.5 Å². The van der Waals surface area contributed by atoms with Crippen LogP contribution in [0.5, 0.6) is 5.88 Å². The topological polar surface area (TPSA) is 130 Å². The number of pyridine rings is 1. The first kappa shape index (κ1) is 15.2. The van der Waals surface area contributed by atoms with Crippen LogP contribution in [0, 0.1) is 0 Å². The maximum absolute atomic E-state index is 12.1. The fraction of sp³-hybridized carbons (Fsp3) is 0.462. The number of anilines is 1. The molecule has 0 unspecified atom stereocenters. The van der Waals surface area contributed by atoms with Gasteiger partial charge in [-0.15, -0.1) is 0 Å². The van der Waals surface area contributed by atoms with Crippen LogP contribution in [0.1, 0.15) is 6.42 Å². The fourth-order valence-corrected chi connectivity index (χ4v) is 2.28. The summed E-state index contributed by atoms with van der Waals surface area (Å²) in [6, 6.07) is 5.21. The van der Waals surface area contributed by atoms with Gasteiger partial charge in [0.2, 0.25) is 17.7 Å². The van der Waals surface area contributed by atoms with Gasteiger partial charge in [-0.25, -0.2) is 9.67 Å². The Kier molecular flexibility index (Phi) is 4.62. The molecule has 0 aromatic carbocycles. The van der Waals surface area contributed by atoms with Gasteiger partial charge in [0, 0.05) is 18.9 Å². The number of nitrogens with zero attached hydrogens (tertiary/aromatic N) is 5. The number of ether oxygens (including phenoxy) is 2. The molecule has 0 bridgehead atoms. The normalized spacial score (nSPS) is 20.9. The lowest BCUT2D eigenvalue weighted by atomic mass is 10.1. The van der Waals surface area contributed by atoms with Gasteiger partial charge < -0.3 is 20.5 Å². The molecule has 2 aromatic heterocycles. The molecule has 2 atom stereocenters. The molecule has 1 fully saturated rings. The first-order valence-corrected chi connectivity index (χ1v) is 7.19. The van der Waals surface area contributed by atoms with Crippen LogP contribution in [0.3, 0.4) is 0 Å². The molecule has 3 rings (SSSR count). The number of nitrogens with two attached hydrogens (primary N) is 1. The van der Waals surface area contributed by atoms with Gasteiger partial charge in [0.05, 0.1) is 12.6 Å². The minimum absolute atomic E-state index is 0.0491. The van der Waals surface area contributed by atoms with Crippen molar-refractivity contribution in [2.24, 2.45) is 0 Å². The van der Waals surface area contributed by atoms with Crippen molar-refractivity contribution in [2.75, 3.05) is 18.9 Å². The Morgan fingerprint density at radius 2 is 2.43 bits per heavy atom. The Morgan fingerprint density at radius 3 is 3.17 bits per heavy atom. The van der Waals surface area contributed by atoms with E-state index in [-0.39, 0.29) is 30.5 Å². The molecule has 0 saturated carbocycles. The second-order valence-electron chi connectivity index (χ2n) is 5.06. The monoisotopic (exact) mass is 319 g/mol. The van der Waals surface area contributed by atoms with Crippen LogP contribution in [0.15, 0.2) is 24.4 Å². The molecule has 10 nitrogen and oxygen atoms in total. The Bertz CT molecular complexity index is 648. The standard InChI is InChI=1S/C13H17N7O3/c14-13-17-18-19-20(13)7-11(21)16-9-4-6-22-8-10(9)23-12-3-1-2-5-15-12/h1-3,5,9-10H,4,6-8H2,(H,16,21)(H2,14,17,19)/t9-,10-/m0/s1. The van der Waals surface area contributed by atoms with Gasteiger partial charge in [-0.05, 0) is 22.9 Å². The van der Waals surface area contributed by atoms with E-state index < -0.39 is 0 Å². The molecule has 1 aliphatic rings. The fourth-order valence-electron chi connectivity index (χ4n) is 2.28. The van der Waals surface area contributed by atoms with Crippen LogP contribution < -0.4 is 15.8 Å². The van der Waals surface area contributed by atoms with Gasteiger partial charge in [-0.1, -0.05) is 11.2 Å². The van der Waals surface area contributed by atoms with E-state index in [1.807, 2.05) is 6.07 Å². The summed E-state index contributed by atoms with van der Waals surface area (Å²) in [5.41, 5.74) is 5.55. The summed E-state index contributed by atoms with van der Waals surface area (Å²) in [5, 5.41) is 13.5. The number of nitrogens with one attached hydrogen (secondary N) is 1. The van der Waals surface area contributed by atoms with E-state index in [0.717, 1.165) is 0 Å². The minimum Gasteiger partial charge on any atom is -0.470 e. The molecule has 0 radical (unpaired) electrons. The SMILES string of the molecule is Nc1nnnn1CC(=O)N[C@H]1CCOC[C@@H]1Oc1ccccn1. The van der Waals surface area contributed by atoms with Crippen LogP contribution in [-0.2, 0) is 16.1 Å². The van der Waals surface area contributed by atoms with Crippen LogP contribution in [0.2, 0.25) is 0 Å². The average molecular weight is 319 g/mol. The van der Waals surface area contributed by atoms with Crippen molar-refractivity contribution >= 4 is 11.9 Å². The lowest BCUT2D eigenvalue weighted by Gasteiger charge is -2.32. The molecule has 0 aliphatic carbocycles. The summed E-state index contributed by atoms with van der Waals surface area (Å²) in [5.74, 6) is 0.339. The molecule has 23 heavy (non-hydrogen) atoms. The van der Waals surface area contributed by atoms with Gasteiger partial charge in [-0.2, -0.15) is 0 Å². The highest BCUT2D eigenvalue weighted by atomic mass is 16.5. The molecule has 1 saturated heterocycles. The molecule has 2 aromatic rings. The first-order chi connectivity index (χ1) is 11.2. The smallest absolute Gasteiger partial charge is 0.242 e. The summed E-state index contributed by atoms with van der Waals surface area (Å²) in [7, 11) is 0. The van der Waals surface area contributed by atoms with Crippen LogP contribution in [0.25, 0.3) is 0 Å². The summed E-state index contributed by atoms with van der Waals surface area (Å²) < 4.78 is 12.5. The summed E-state index contributed by atoms with van der Waals surface area (Å²) in [6.07, 6.45) is 1.98. The molecule has 10 heteroatoms. The third-order valence-corrected chi connectivity index (χ3v) is 3.41. The van der Waals surface area contributed by atoms with Crippen LogP contribution in [0.4, 0.5) is 5.95 Å². The molecule has 1 amide bonds. The molecule has 1 aliphatic heterocycles. The quantitative estimate of drug-likeness (QED) is 0.718. The predicted octanol–water partition coefficient (Wildman–Crippen LogP) is -0.997. The molecule has 3 N–H and O–H groups in total. The van der Waals surface area contributed by atoms with Crippen LogP contribution >= 0.6 is 0 Å². The van der Waals surface area contributed by atoms with E-state index in [4.69, 9.17) is 15.2 Å². The molecule has 3 heterocycles. The maximum Gasteiger partial charge on any atom is 0.242 e. The molecule has 122 valence electrons. The predicted molar refractivity (Wildman–Crippen MR) is 78.2 cm³/mol. The van der Waals surface area contributed by atoms with Crippen molar-refractivity contribution in [3.05, 3.63) is 24.4 Å². The lowest BCUT2D eigenvalue weighted by molar-refractivity contribution is -0.124. The number of tetrazole rings is 1. The largest absolute Gasteiger partial charge is 0.470 e. The van der Waals surface area contributed by atoms with Gasteiger partial charge in [-0.3, -0.25) is 4.79 Å². The Labute approximate surface area is 132 Å². The van der Waals surface area contributed by atoms with Gasteiger partial charge in [0.25, 0.3) is 0 Å². The zero-order chi connectivity index (χ0) is 16.1. The third-order valence-electron chi connectivity index (χ3n) is 3.41. The van der Waals surface area contributed by atoms with Gasteiger partial charge in [0.1, 0.15) is 12.6 Å². The Balaban J connectivity index is 1.60. The van der Waals surface area contributed by atoms with E-state index in [2.05, 4.69) is 25.8 Å².